The number of rotatable bonds is 7. The summed E-state index contributed by atoms with van der Waals surface area (Å²) in [6.07, 6.45) is 6.66. The number of methoxy groups -OCH3 is 1. The molecule has 0 spiro atoms. The van der Waals surface area contributed by atoms with Crippen LogP contribution in [0.5, 0.6) is 0 Å². The van der Waals surface area contributed by atoms with Gasteiger partial charge in [0.2, 0.25) is 5.91 Å². The zero-order valence-corrected chi connectivity index (χ0v) is 13.2. The molecule has 0 aromatic heterocycles. The number of amides is 2. The first-order valence-electron chi connectivity index (χ1n) is 7.18. The number of hydrogen-bond acceptors (Lipinski definition) is 4. The molecule has 1 rings (SSSR count). The molecule has 6 nitrogen and oxygen atoms in total. The zero-order chi connectivity index (χ0) is 17.2. The van der Waals surface area contributed by atoms with E-state index in [1.165, 1.54) is 14.0 Å². The summed E-state index contributed by atoms with van der Waals surface area (Å²) in [5, 5.41) is 5.20. The molecule has 2 N–H and O–H groups in total. The summed E-state index contributed by atoms with van der Waals surface area (Å²) in [7, 11) is 1.26. The Labute approximate surface area is 135 Å². The molecule has 0 saturated heterocycles. The molecule has 23 heavy (non-hydrogen) atoms. The van der Waals surface area contributed by atoms with Crippen molar-refractivity contribution in [3.8, 4) is 12.3 Å². The van der Waals surface area contributed by atoms with Gasteiger partial charge < -0.3 is 15.4 Å². The van der Waals surface area contributed by atoms with Gasteiger partial charge in [0.1, 0.15) is 6.04 Å². The first-order valence-corrected chi connectivity index (χ1v) is 7.18. The van der Waals surface area contributed by atoms with Crippen molar-refractivity contribution in [3.63, 3.8) is 0 Å². The monoisotopic (exact) mass is 316 g/mol. The van der Waals surface area contributed by atoms with Gasteiger partial charge in [0.25, 0.3) is 5.91 Å². The third kappa shape index (κ3) is 5.83. The lowest BCUT2D eigenvalue weighted by molar-refractivity contribution is -0.143. The minimum atomic E-state index is -0.786. The zero-order valence-electron chi connectivity index (χ0n) is 13.2. The van der Waals surface area contributed by atoms with Crippen molar-refractivity contribution in [1.29, 1.82) is 0 Å². The quantitative estimate of drug-likeness (QED) is 0.456. The fourth-order valence-electron chi connectivity index (χ4n) is 2.02. The molecule has 1 atom stereocenters. The van der Waals surface area contributed by atoms with Crippen LogP contribution in [-0.2, 0) is 14.3 Å². The molecule has 0 aliphatic carbocycles. The molecular formula is C17H20N2O4. The van der Waals surface area contributed by atoms with Crippen LogP contribution in [0.3, 0.4) is 0 Å². The SMILES string of the molecule is C#CCCC[C@@H](NC(=O)c1ccccc1NC(C)=O)C(=O)OC. The number of esters is 1. The normalized spacial score (nSPS) is 11.0. The van der Waals surface area contributed by atoms with Crippen LogP contribution in [0.15, 0.2) is 24.3 Å². The number of para-hydroxylation sites is 1. The van der Waals surface area contributed by atoms with Gasteiger partial charge in [-0.1, -0.05) is 12.1 Å². The van der Waals surface area contributed by atoms with E-state index in [1.54, 1.807) is 24.3 Å². The Hall–Kier alpha value is -2.81. The highest BCUT2D eigenvalue weighted by molar-refractivity contribution is 6.04. The van der Waals surface area contributed by atoms with Crippen LogP contribution < -0.4 is 10.6 Å². The Morgan fingerprint density at radius 3 is 2.61 bits per heavy atom. The molecule has 0 aliphatic rings. The summed E-state index contributed by atoms with van der Waals surface area (Å²) in [5.41, 5.74) is 0.651. The van der Waals surface area contributed by atoms with Gasteiger partial charge in [-0.2, -0.15) is 0 Å². The van der Waals surface area contributed by atoms with Crippen LogP contribution in [0.1, 0.15) is 36.5 Å². The van der Waals surface area contributed by atoms with E-state index < -0.39 is 17.9 Å². The van der Waals surface area contributed by atoms with E-state index in [0.29, 0.717) is 24.9 Å². The number of hydrogen-bond donors (Lipinski definition) is 2. The Morgan fingerprint density at radius 1 is 1.30 bits per heavy atom. The third-order valence-corrected chi connectivity index (χ3v) is 3.09. The highest BCUT2D eigenvalue weighted by atomic mass is 16.5. The fraction of sp³-hybridized carbons (Fsp3) is 0.353. The van der Waals surface area contributed by atoms with E-state index in [0.717, 1.165) is 0 Å². The summed E-state index contributed by atoms with van der Waals surface area (Å²) in [5.74, 6) is 1.19. The van der Waals surface area contributed by atoms with E-state index >= 15 is 0 Å². The molecule has 6 heteroatoms. The maximum absolute atomic E-state index is 12.4. The Morgan fingerprint density at radius 2 is 2.00 bits per heavy atom. The number of benzene rings is 1. The van der Waals surface area contributed by atoms with Crippen molar-refractivity contribution in [2.75, 3.05) is 12.4 Å². The Balaban J connectivity index is 2.88. The maximum Gasteiger partial charge on any atom is 0.328 e. The topological polar surface area (TPSA) is 84.5 Å². The minimum absolute atomic E-state index is 0.272. The van der Waals surface area contributed by atoms with Crippen LogP contribution in [0.2, 0.25) is 0 Å². The van der Waals surface area contributed by atoms with E-state index in [2.05, 4.69) is 16.6 Å². The van der Waals surface area contributed by atoms with E-state index in [1.807, 2.05) is 0 Å². The van der Waals surface area contributed by atoms with Crippen LogP contribution >= 0.6 is 0 Å². The summed E-state index contributed by atoms with van der Waals surface area (Å²) in [6.45, 7) is 1.35. The van der Waals surface area contributed by atoms with E-state index in [4.69, 9.17) is 11.2 Å². The van der Waals surface area contributed by atoms with Gasteiger partial charge in [-0.25, -0.2) is 4.79 Å². The van der Waals surface area contributed by atoms with Crippen LogP contribution in [0.25, 0.3) is 0 Å². The van der Waals surface area contributed by atoms with Crippen molar-refractivity contribution < 1.29 is 19.1 Å². The molecule has 0 aliphatic heterocycles. The summed E-state index contributed by atoms with van der Waals surface area (Å²) in [4.78, 5) is 35.4. The second-order valence-corrected chi connectivity index (χ2v) is 4.87. The van der Waals surface area contributed by atoms with E-state index in [9.17, 15) is 14.4 Å². The average Bonchev–Trinajstić information content (AvgIpc) is 2.53. The lowest BCUT2D eigenvalue weighted by Crippen LogP contribution is -2.41. The molecule has 0 heterocycles. The number of carbonyl (C=O) groups is 3. The summed E-state index contributed by atoms with van der Waals surface area (Å²) >= 11 is 0. The molecular weight excluding hydrogens is 296 g/mol. The molecule has 0 saturated carbocycles. The molecule has 0 unspecified atom stereocenters. The van der Waals surface area contributed by atoms with Crippen LogP contribution in [-0.4, -0.2) is 30.9 Å². The van der Waals surface area contributed by atoms with Crippen LogP contribution in [0.4, 0.5) is 5.69 Å². The van der Waals surface area contributed by atoms with Gasteiger partial charge in [-0.3, -0.25) is 9.59 Å². The largest absolute Gasteiger partial charge is 0.467 e. The number of carbonyl (C=O) groups excluding carboxylic acids is 3. The number of terminal acetylenes is 1. The molecule has 0 fully saturated rings. The van der Waals surface area contributed by atoms with Crippen molar-refractivity contribution >= 4 is 23.5 Å². The molecule has 1 aromatic rings. The van der Waals surface area contributed by atoms with Gasteiger partial charge in [0.05, 0.1) is 18.4 Å². The van der Waals surface area contributed by atoms with Crippen LogP contribution in [0, 0.1) is 12.3 Å². The predicted octanol–water partition coefficient (Wildman–Crippen LogP) is 1.72. The fourth-order valence-corrected chi connectivity index (χ4v) is 2.02. The van der Waals surface area contributed by atoms with Gasteiger partial charge in [-0.05, 0) is 25.0 Å². The number of anilines is 1. The first kappa shape index (κ1) is 18.2. The minimum Gasteiger partial charge on any atom is -0.467 e. The molecule has 1 aromatic carbocycles. The molecule has 2 amide bonds. The highest BCUT2D eigenvalue weighted by Crippen LogP contribution is 2.15. The number of nitrogens with one attached hydrogen (secondary N) is 2. The lowest BCUT2D eigenvalue weighted by atomic mass is 10.1. The second kappa shape index (κ2) is 9.26. The molecule has 0 bridgehead atoms. The molecule has 122 valence electrons. The maximum atomic E-state index is 12.4. The lowest BCUT2D eigenvalue weighted by Gasteiger charge is -2.17. The average molecular weight is 316 g/mol. The van der Waals surface area contributed by atoms with Gasteiger partial charge in [0, 0.05) is 13.3 Å². The van der Waals surface area contributed by atoms with Crippen molar-refractivity contribution in [3.05, 3.63) is 29.8 Å². The van der Waals surface area contributed by atoms with Gasteiger partial charge >= 0.3 is 5.97 Å². The van der Waals surface area contributed by atoms with Crippen molar-refractivity contribution in [2.45, 2.75) is 32.2 Å². The molecule has 0 radical (unpaired) electrons. The van der Waals surface area contributed by atoms with Gasteiger partial charge in [-0.15, -0.1) is 12.3 Å². The first-order chi connectivity index (χ1) is 11.0. The standard InChI is InChI=1S/C17H20N2O4/c1-4-5-6-11-15(17(22)23-3)19-16(21)13-9-7-8-10-14(13)18-12(2)20/h1,7-10,15H,5-6,11H2,2-3H3,(H,18,20)(H,19,21)/t15-/m1/s1. The van der Waals surface area contributed by atoms with Crippen molar-refractivity contribution in [2.24, 2.45) is 0 Å². The van der Waals surface area contributed by atoms with E-state index in [-0.39, 0.29) is 11.5 Å². The third-order valence-electron chi connectivity index (χ3n) is 3.09. The highest BCUT2D eigenvalue weighted by Gasteiger charge is 2.22. The van der Waals surface area contributed by atoms with Crippen molar-refractivity contribution in [1.82, 2.24) is 5.32 Å². The second-order valence-electron chi connectivity index (χ2n) is 4.87. The Bertz CT molecular complexity index is 619. The summed E-state index contributed by atoms with van der Waals surface area (Å²) in [6, 6.07) is 5.77. The number of ether oxygens (including phenoxy) is 1. The smallest absolute Gasteiger partial charge is 0.328 e. The Kier molecular flexibility index (Phi) is 7.34. The predicted molar refractivity (Wildman–Crippen MR) is 86.7 cm³/mol. The van der Waals surface area contributed by atoms with Gasteiger partial charge in [0.15, 0.2) is 0 Å². The summed E-state index contributed by atoms with van der Waals surface area (Å²) < 4.78 is 4.70. The number of unbranched alkanes of at least 4 members (excludes halogenated alkanes) is 1.